The summed E-state index contributed by atoms with van der Waals surface area (Å²) in [4.78, 5) is 22.1. The molecular weight excluding hydrogens is 393 g/mol. The average Bonchev–Trinajstić information content (AvgIpc) is 2.66. The van der Waals surface area contributed by atoms with Crippen molar-refractivity contribution >= 4 is 27.3 Å². The molecule has 0 bridgehead atoms. The second kappa shape index (κ2) is 8.76. The zero-order valence-electron chi connectivity index (χ0n) is 15.1. The zero-order valence-corrected chi connectivity index (χ0v) is 15.9. The van der Waals surface area contributed by atoms with Gasteiger partial charge in [0.15, 0.2) is 0 Å². The molecule has 9 nitrogen and oxygen atoms in total. The van der Waals surface area contributed by atoms with Gasteiger partial charge < -0.3 is 10.1 Å². The number of nitrogens with zero attached hydrogens (tertiary/aromatic N) is 2. The van der Waals surface area contributed by atoms with Gasteiger partial charge in [0.2, 0.25) is 15.9 Å². The minimum atomic E-state index is -4.23. The van der Waals surface area contributed by atoms with E-state index in [4.69, 9.17) is 4.74 Å². The lowest BCUT2D eigenvalue weighted by atomic mass is 10.3. The molecule has 11 heteroatoms. The maximum atomic E-state index is 13.6. The van der Waals surface area contributed by atoms with Crippen molar-refractivity contribution in [3.63, 3.8) is 0 Å². The molecule has 0 aromatic heterocycles. The number of halogens is 1. The molecule has 0 aliphatic heterocycles. The number of rotatable bonds is 8. The molecule has 2 aromatic rings. The van der Waals surface area contributed by atoms with Gasteiger partial charge in [-0.2, -0.15) is 4.31 Å². The highest BCUT2D eigenvalue weighted by molar-refractivity contribution is 7.89. The van der Waals surface area contributed by atoms with Crippen molar-refractivity contribution in [2.24, 2.45) is 0 Å². The number of non-ortho nitro benzene ring substituents is 1. The number of carbonyl (C=O) groups excluding carboxylic acids is 1. The number of nitro benzene ring substituents is 1. The van der Waals surface area contributed by atoms with Crippen LogP contribution in [0.15, 0.2) is 47.4 Å². The van der Waals surface area contributed by atoms with E-state index in [2.05, 4.69) is 5.32 Å². The van der Waals surface area contributed by atoms with Gasteiger partial charge in [0.05, 0.1) is 18.6 Å². The van der Waals surface area contributed by atoms with Crippen LogP contribution in [0.4, 0.5) is 15.8 Å². The Morgan fingerprint density at radius 2 is 2.00 bits per heavy atom. The second-order valence-corrected chi connectivity index (χ2v) is 7.49. The average molecular weight is 411 g/mol. The second-order valence-electron chi connectivity index (χ2n) is 5.58. The fraction of sp³-hybridized carbons (Fsp3) is 0.235. The van der Waals surface area contributed by atoms with Crippen molar-refractivity contribution in [1.82, 2.24) is 4.31 Å². The van der Waals surface area contributed by atoms with Crippen molar-refractivity contribution in [1.29, 1.82) is 0 Å². The maximum absolute atomic E-state index is 13.6. The van der Waals surface area contributed by atoms with Crippen LogP contribution in [0.1, 0.15) is 6.92 Å². The van der Waals surface area contributed by atoms with E-state index in [1.807, 2.05) is 0 Å². The summed E-state index contributed by atoms with van der Waals surface area (Å²) in [5, 5.41) is 13.2. The minimum absolute atomic E-state index is 0.0565. The molecule has 0 fully saturated rings. The number of ether oxygens (including phenoxy) is 1. The number of carbonyl (C=O) groups is 1. The molecule has 0 unspecified atom stereocenters. The van der Waals surface area contributed by atoms with Crippen molar-refractivity contribution in [2.75, 3.05) is 25.5 Å². The first-order valence-electron chi connectivity index (χ1n) is 8.07. The van der Waals surface area contributed by atoms with Crippen LogP contribution < -0.4 is 10.1 Å². The van der Waals surface area contributed by atoms with Gasteiger partial charge in [-0.3, -0.25) is 14.9 Å². The summed E-state index contributed by atoms with van der Waals surface area (Å²) in [5.41, 5.74) is -0.0711. The lowest BCUT2D eigenvalue weighted by Crippen LogP contribution is -2.38. The van der Waals surface area contributed by atoms with Gasteiger partial charge in [-0.05, 0) is 24.3 Å². The fourth-order valence-corrected chi connectivity index (χ4v) is 3.99. The van der Waals surface area contributed by atoms with Gasteiger partial charge in [0.25, 0.3) is 5.69 Å². The van der Waals surface area contributed by atoms with Gasteiger partial charge in [0.1, 0.15) is 16.5 Å². The molecular formula is C17H18FN3O6S. The normalized spacial score (nSPS) is 11.3. The van der Waals surface area contributed by atoms with Crippen LogP contribution in [-0.4, -0.2) is 43.8 Å². The SMILES string of the molecule is CCN(CC(=O)Nc1cccc([N+](=O)[O-])c1)S(=O)(=O)c1cc(F)ccc1OC. The number of amides is 1. The Labute approximate surface area is 160 Å². The molecule has 0 radical (unpaired) electrons. The lowest BCUT2D eigenvalue weighted by Gasteiger charge is -2.21. The zero-order chi connectivity index (χ0) is 20.9. The van der Waals surface area contributed by atoms with E-state index in [0.29, 0.717) is 0 Å². The Balaban J connectivity index is 2.23. The van der Waals surface area contributed by atoms with Crippen LogP contribution in [0.2, 0.25) is 0 Å². The van der Waals surface area contributed by atoms with Gasteiger partial charge >= 0.3 is 0 Å². The molecule has 1 N–H and O–H groups in total. The largest absolute Gasteiger partial charge is 0.495 e. The first-order chi connectivity index (χ1) is 13.2. The first kappa shape index (κ1) is 21.3. The van der Waals surface area contributed by atoms with E-state index in [0.717, 1.165) is 22.5 Å². The molecule has 0 aliphatic rings. The molecule has 1 amide bonds. The third kappa shape index (κ3) is 4.81. The van der Waals surface area contributed by atoms with E-state index in [1.165, 1.54) is 38.3 Å². The summed E-state index contributed by atoms with van der Waals surface area (Å²) in [6.45, 7) is 0.884. The number of nitro groups is 1. The summed E-state index contributed by atoms with van der Waals surface area (Å²) in [5.74, 6) is -1.53. The molecule has 0 spiro atoms. The minimum Gasteiger partial charge on any atom is -0.495 e. The van der Waals surface area contributed by atoms with E-state index in [-0.39, 0.29) is 23.7 Å². The van der Waals surface area contributed by atoms with Gasteiger partial charge in [-0.15, -0.1) is 0 Å². The number of nitrogens with one attached hydrogen (secondary N) is 1. The van der Waals surface area contributed by atoms with Crippen LogP contribution >= 0.6 is 0 Å². The lowest BCUT2D eigenvalue weighted by molar-refractivity contribution is -0.384. The topological polar surface area (TPSA) is 119 Å². The predicted molar refractivity (Wildman–Crippen MR) is 99.1 cm³/mol. The van der Waals surface area contributed by atoms with Crippen LogP contribution in [0.5, 0.6) is 5.75 Å². The summed E-state index contributed by atoms with van der Waals surface area (Å²) in [6.07, 6.45) is 0. The van der Waals surface area contributed by atoms with Crippen LogP contribution in [0.25, 0.3) is 0 Å². The number of sulfonamides is 1. The van der Waals surface area contributed by atoms with Gasteiger partial charge in [0, 0.05) is 24.4 Å². The van der Waals surface area contributed by atoms with Crippen molar-refractivity contribution in [2.45, 2.75) is 11.8 Å². The molecule has 2 rings (SSSR count). The third-order valence-electron chi connectivity index (χ3n) is 3.76. The molecule has 0 atom stereocenters. The maximum Gasteiger partial charge on any atom is 0.271 e. The van der Waals surface area contributed by atoms with Crippen LogP contribution in [0, 0.1) is 15.9 Å². The highest BCUT2D eigenvalue weighted by Gasteiger charge is 2.29. The summed E-state index contributed by atoms with van der Waals surface area (Å²) >= 11 is 0. The smallest absolute Gasteiger partial charge is 0.271 e. The third-order valence-corrected chi connectivity index (χ3v) is 5.70. The fourth-order valence-electron chi connectivity index (χ4n) is 2.42. The quantitative estimate of drug-likeness (QED) is 0.526. The molecule has 0 saturated carbocycles. The number of hydrogen-bond acceptors (Lipinski definition) is 6. The Morgan fingerprint density at radius 3 is 2.61 bits per heavy atom. The number of likely N-dealkylation sites (N-methyl/N-ethyl adjacent to an activating group) is 1. The molecule has 2 aromatic carbocycles. The van der Waals surface area contributed by atoms with E-state index >= 15 is 0 Å². The molecule has 0 aliphatic carbocycles. The molecule has 0 saturated heterocycles. The number of anilines is 1. The van der Waals surface area contributed by atoms with Gasteiger partial charge in [-0.1, -0.05) is 13.0 Å². The van der Waals surface area contributed by atoms with E-state index in [9.17, 15) is 27.7 Å². The van der Waals surface area contributed by atoms with Crippen LogP contribution in [-0.2, 0) is 14.8 Å². The Morgan fingerprint density at radius 1 is 1.29 bits per heavy atom. The Kier molecular flexibility index (Phi) is 6.65. The van der Waals surface area contributed by atoms with Crippen molar-refractivity contribution in [3.05, 3.63) is 58.4 Å². The van der Waals surface area contributed by atoms with Gasteiger partial charge in [-0.25, -0.2) is 12.8 Å². The summed E-state index contributed by atoms with van der Waals surface area (Å²) in [7, 11) is -2.98. The van der Waals surface area contributed by atoms with Crippen molar-refractivity contribution < 1.29 is 27.3 Å². The Bertz CT molecular complexity index is 996. The summed E-state index contributed by atoms with van der Waals surface area (Å²) < 4.78 is 45.1. The monoisotopic (exact) mass is 411 g/mol. The standard InChI is InChI=1S/C17H18FN3O6S/c1-3-20(28(25,26)16-9-12(18)7-8-15(16)27-2)11-17(22)19-13-5-4-6-14(10-13)21(23)24/h4-10H,3,11H2,1-2H3,(H,19,22). The number of benzene rings is 2. The summed E-state index contributed by atoms with van der Waals surface area (Å²) in [6, 6.07) is 8.29. The highest BCUT2D eigenvalue weighted by Crippen LogP contribution is 2.27. The predicted octanol–water partition coefficient (Wildman–Crippen LogP) is 2.39. The highest BCUT2D eigenvalue weighted by atomic mass is 32.2. The number of methoxy groups -OCH3 is 1. The first-order valence-corrected chi connectivity index (χ1v) is 9.51. The van der Waals surface area contributed by atoms with E-state index in [1.54, 1.807) is 0 Å². The van der Waals surface area contributed by atoms with Crippen LogP contribution in [0.3, 0.4) is 0 Å². The Hall–Kier alpha value is -3.05. The molecule has 150 valence electrons. The van der Waals surface area contributed by atoms with E-state index < -0.39 is 38.1 Å². The molecule has 0 heterocycles. The van der Waals surface area contributed by atoms with Crippen molar-refractivity contribution in [3.8, 4) is 5.75 Å². The molecule has 28 heavy (non-hydrogen) atoms. The number of hydrogen-bond donors (Lipinski definition) is 1.